The zero-order valence-electron chi connectivity index (χ0n) is 9.91. The van der Waals surface area contributed by atoms with Crippen molar-refractivity contribution >= 4 is 0 Å². The Morgan fingerprint density at radius 2 is 2.06 bits per heavy atom. The van der Waals surface area contributed by atoms with Crippen LogP contribution in [0.2, 0.25) is 0 Å². The molecule has 2 atom stereocenters. The van der Waals surface area contributed by atoms with Crippen molar-refractivity contribution in [2.75, 3.05) is 20.1 Å². The molecule has 88 valence electrons. The van der Waals surface area contributed by atoms with Gasteiger partial charge in [-0.2, -0.15) is 0 Å². The van der Waals surface area contributed by atoms with E-state index in [2.05, 4.69) is 24.2 Å². The Morgan fingerprint density at radius 3 is 2.75 bits per heavy atom. The summed E-state index contributed by atoms with van der Waals surface area (Å²) in [5.74, 6) is -0.162. The van der Waals surface area contributed by atoms with Gasteiger partial charge in [-0.25, -0.2) is 4.39 Å². The van der Waals surface area contributed by atoms with E-state index in [1.807, 2.05) is 12.1 Å². The summed E-state index contributed by atoms with van der Waals surface area (Å²) in [6, 6.07) is 7.80. The molecule has 0 radical (unpaired) electrons. The van der Waals surface area contributed by atoms with Gasteiger partial charge in [0.15, 0.2) is 0 Å². The van der Waals surface area contributed by atoms with Crippen molar-refractivity contribution in [3.63, 3.8) is 0 Å². The van der Waals surface area contributed by atoms with E-state index in [0.29, 0.717) is 12.1 Å². The fourth-order valence-electron chi connectivity index (χ4n) is 2.22. The molecule has 1 fully saturated rings. The Morgan fingerprint density at radius 1 is 1.38 bits per heavy atom. The molecule has 0 saturated carbocycles. The van der Waals surface area contributed by atoms with E-state index < -0.39 is 0 Å². The van der Waals surface area contributed by atoms with Gasteiger partial charge in [-0.15, -0.1) is 0 Å². The molecule has 2 unspecified atom stereocenters. The Kier molecular flexibility index (Phi) is 3.56. The second-order valence-electron chi connectivity index (χ2n) is 4.61. The molecule has 1 aromatic carbocycles. The SMILES string of the molecule is CC1C(Cc2ccc(F)cc2)NCCN1C. The Labute approximate surface area is 96.5 Å². The van der Waals surface area contributed by atoms with E-state index in [1.54, 1.807) is 0 Å². The molecule has 1 aliphatic rings. The zero-order chi connectivity index (χ0) is 11.5. The highest BCUT2D eigenvalue weighted by Gasteiger charge is 2.24. The first-order valence-electron chi connectivity index (χ1n) is 5.85. The summed E-state index contributed by atoms with van der Waals surface area (Å²) in [7, 11) is 2.16. The fourth-order valence-corrected chi connectivity index (χ4v) is 2.22. The lowest BCUT2D eigenvalue weighted by atomic mass is 9.98. The summed E-state index contributed by atoms with van der Waals surface area (Å²) in [6.07, 6.45) is 0.964. The van der Waals surface area contributed by atoms with Crippen LogP contribution >= 0.6 is 0 Å². The van der Waals surface area contributed by atoms with E-state index in [1.165, 1.54) is 17.7 Å². The highest BCUT2D eigenvalue weighted by Crippen LogP contribution is 2.13. The number of nitrogens with zero attached hydrogens (tertiary/aromatic N) is 1. The smallest absolute Gasteiger partial charge is 0.123 e. The average Bonchev–Trinajstić information content (AvgIpc) is 2.28. The van der Waals surface area contributed by atoms with Crippen molar-refractivity contribution in [1.29, 1.82) is 0 Å². The zero-order valence-corrected chi connectivity index (χ0v) is 9.91. The first kappa shape index (κ1) is 11.6. The van der Waals surface area contributed by atoms with Crippen molar-refractivity contribution in [2.24, 2.45) is 0 Å². The lowest BCUT2D eigenvalue weighted by molar-refractivity contribution is 0.163. The molecule has 2 rings (SSSR count). The minimum Gasteiger partial charge on any atom is -0.311 e. The monoisotopic (exact) mass is 222 g/mol. The molecule has 1 aliphatic heterocycles. The summed E-state index contributed by atoms with van der Waals surface area (Å²) in [5.41, 5.74) is 1.20. The molecule has 2 nitrogen and oxygen atoms in total. The summed E-state index contributed by atoms with van der Waals surface area (Å²) < 4.78 is 12.8. The van der Waals surface area contributed by atoms with Crippen LogP contribution in [0.4, 0.5) is 4.39 Å². The third-order valence-corrected chi connectivity index (χ3v) is 3.52. The van der Waals surface area contributed by atoms with Crippen molar-refractivity contribution in [1.82, 2.24) is 10.2 Å². The van der Waals surface area contributed by atoms with Gasteiger partial charge in [-0.05, 0) is 38.1 Å². The van der Waals surface area contributed by atoms with Crippen LogP contribution in [0.15, 0.2) is 24.3 Å². The average molecular weight is 222 g/mol. The molecule has 0 aromatic heterocycles. The highest BCUT2D eigenvalue weighted by atomic mass is 19.1. The minimum absolute atomic E-state index is 0.162. The van der Waals surface area contributed by atoms with E-state index in [-0.39, 0.29) is 5.82 Å². The summed E-state index contributed by atoms with van der Waals surface area (Å²) in [6.45, 7) is 4.37. The van der Waals surface area contributed by atoms with Crippen molar-refractivity contribution in [3.05, 3.63) is 35.6 Å². The largest absolute Gasteiger partial charge is 0.311 e. The second kappa shape index (κ2) is 4.93. The number of benzene rings is 1. The highest BCUT2D eigenvalue weighted by molar-refractivity contribution is 5.17. The molecule has 1 N–H and O–H groups in total. The van der Waals surface area contributed by atoms with Gasteiger partial charge in [0, 0.05) is 25.2 Å². The lowest BCUT2D eigenvalue weighted by Gasteiger charge is -2.38. The molecule has 3 heteroatoms. The normalized spacial score (nSPS) is 26.9. The van der Waals surface area contributed by atoms with Gasteiger partial charge < -0.3 is 10.2 Å². The number of nitrogens with one attached hydrogen (secondary N) is 1. The molecule has 0 bridgehead atoms. The van der Waals surface area contributed by atoms with Gasteiger partial charge in [0.1, 0.15) is 5.82 Å². The van der Waals surface area contributed by atoms with Crippen molar-refractivity contribution in [2.45, 2.75) is 25.4 Å². The predicted octanol–water partition coefficient (Wildman–Crippen LogP) is 1.66. The van der Waals surface area contributed by atoms with Crippen molar-refractivity contribution < 1.29 is 4.39 Å². The molecule has 0 amide bonds. The van der Waals surface area contributed by atoms with Crippen LogP contribution in [0.1, 0.15) is 12.5 Å². The molecule has 0 aliphatic carbocycles. The van der Waals surface area contributed by atoms with Gasteiger partial charge in [0.25, 0.3) is 0 Å². The van der Waals surface area contributed by atoms with E-state index in [0.717, 1.165) is 19.5 Å². The molecule has 16 heavy (non-hydrogen) atoms. The van der Waals surface area contributed by atoms with Crippen LogP contribution in [0, 0.1) is 5.82 Å². The molecule has 1 heterocycles. The van der Waals surface area contributed by atoms with Gasteiger partial charge in [0.05, 0.1) is 0 Å². The number of likely N-dealkylation sites (N-methyl/N-ethyl adjacent to an activating group) is 1. The van der Waals surface area contributed by atoms with E-state index in [4.69, 9.17) is 0 Å². The van der Waals surface area contributed by atoms with Crippen LogP contribution in [-0.2, 0) is 6.42 Å². The quantitative estimate of drug-likeness (QED) is 0.818. The van der Waals surface area contributed by atoms with Crippen molar-refractivity contribution in [3.8, 4) is 0 Å². The molecule has 1 aromatic rings. The standard InChI is InChI=1S/C13H19FN2/c1-10-13(15-7-8-16(10)2)9-11-3-5-12(14)6-4-11/h3-6,10,13,15H,7-9H2,1-2H3. The fraction of sp³-hybridized carbons (Fsp3) is 0.538. The number of rotatable bonds is 2. The minimum atomic E-state index is -0.162. The Balaban J connectivity index is 2.00. The summed E-state index contributed by atoms with van der Waals surface area (Å²) in [4.78, 5) is 2.37. The lowest BCUT2D eigenvalue weighted by Crippen LogP contribution is -2.55. The number of halogens is 1. The number of hydrogen-bond acceptors (Lipinski definition) is 2. The molecule has 1 saturated heterocycles. The summed E-state index contributed by atoms with van der Waals surface area (Å²) in [5, 5.41) is 3.53. The van der Waals surface area contributed by atoms with Crippen LogP contribution in [-0.4, -0.2) is 37.1 Å². The van der Waals surface area contributed by atoms with E-state index >= 15 is 0 Å². The first-order valence-corrected chi connectivity index (χ1v) is 5.85. The molecular weight excluding hydrogens is 203 g/mol. The Bertz CT molecular complexity index is 336. The maximum absolute atomic E-state index is 12.8. The van der Waals surface area contributed by atoms with E-state index in [9.17, 15) is 4.39 Å². The van der Waals surface area contributed by atoms with Gasteiger partial charge in [-0.1, -0.05) is 12.1 Å². The third-order valence-electron chi connectivity index (χ3n) is 3.52. The first-order chi connectivity index (χ1) is 7.66. The van der Waals surface area contributed by atoms with Crippen LogP contribution < -0.4 is 5.32 Å². The maximum atomic E-state index is 12.8. The van der Waals surface area contributed by atoms with Gasteiger partial charge in [-0.3, -0.25) is 0 Å². The number of hydrogen-bond donors (Lipinski definition) is 1. The Hall–Kier alpha value is -0.930. The predicted molar refractivity (Wildman–Crippen MR) is 64.0 cm³/mol. The number of piperazine rings is 1. The third kappa shape index (κ3) is 2.60. The molecule has 0 spiro atoms. The van der Waals surface area contributed by atoms with Crippen LogP contribution in [0.25, 0.3) is 0 Å². The topological polar surface area (TPSA) is 15.3 Å². The molecular formula is C13H19FN2. The van der Waals surface area contributed by atoms with Crippen LogP contribution in [0.3, 0.4) is 0 Å². The maximum Gasteiger partial charge on any atom is 0.123 e. The van der Waals surface area contributed by atoms with Gasteiger partial charge in [0.2, 0.25) is 0 Å². The van der Waals surface area contributed by atoms with Gasteiger partial charge >= 0.3 is 0 Å². The second-order valence-corrected chi connectivity index (χ2v) is 4.61. The van der Waals surface area contributed by atoms with Crippen LogP contribution in [0.5, 0.6) is 0 Å². The summed E-state index contributed by atoms with van der Waals surface area (Å²) >= 11 is 0.